The number of hydrogen-bond acceptors (Lipinski definition) is 6. The molecule has 4 aromatic rings. The number of aryl methyl sites for hydroxylation is 2. The van der Waals surface area contributed by atoms with Gasteiger partial charge < -0.3 is 21.3 Å². The van der Waals surface area contributed by atoms with E-state index in [2.05, 4.69) is 36.2 Å². The van der Waals surface area contributed by atoms with E-state index in [1.807, 2.05) is 19.1 Å². The van der Waals surface area contributed by atoms with Crippen LogP contribution in [0.5, 0.6) is 0 Å². The summed E-state index contributed by atoms with van der Waals surface area (Å²) in [7, 11) is 0. The van der Waals surface area contributed by atoms with Crippen LogP contribution in [0.3, 0.4) is 0 Å². The van der Waals surface area contributed by atoms with Crippen LogP contribution in [0.1, 0.15) is 17.0 Å². The molecule has 4 rings (SSSR count). The normalized spacial score (nSPS) is 11.0. The van der Waals surface area contributed by atoms with Crippen LogP contribution in [0.4, 0.5) is 52.5 Å². The number of hydrogen-bond donors (Lipinski definition) is 4. The zero-order valence-electron chi connectivity index (χ0n) is 19.3. The van der Waals surface area contributed by atoms with Crippen LogP contribution in [0.2, 0.25) is 0 Å². The third-order valence-electron chi connectivity index (χ3n) is 4.87. The lowest BCUT2D eigenvalue weighted by Gasteiger charge is -2.12. The fraction of sp³-hybridized carbons (Fsp3) is 0.120. The molecule has 0 spiro atoms. The molecule has 0 aliphatic heterocycles. The van der Waals surface area contributed by atoms with E-state index < -0.39 is 17.8 Å². The van der Waals surface area contributed by atoms with Crippen molar-refractivity contribution in [1.29, 1.82) is 0 Å². The lowest BCUT2D eigenvalue weighted by atomic mass is 10.2. The summed E-state index contributed by atoms with van der Waals surface area (Å²) < 4.78 is 38.6. The molecule has 2 amide bonds. The summed E-state index contributed by atoms with van der Waals surface area (Å²) in [5.41, 5.74) is 1.41. The number of rotatable bonds is 6. The molecule has 4 N–H and O–H groups in total. The molecule has 2 aromatic carbocycles. The first-order valence-electron chi connectivity index (χ1n) is 10.8. The Bertz CT molecular complexity index is 1370. The monoisotopic (exact) mass is 493 g/mol. The van der Waals surface area contributed by atoms with Crippen molar-refractivity contribution in [2.45, 2.75) is 20.0 Å². The predicted octanol–water partition coefficient (Wildman–Crippen LogP) is 6.64. The van der Waals surface area contributed by atoms with Gasteiger partial charge in [0.05, 0.1) is 5.56 Å². The number of halogens is 3. The first-order chi connectivity index (χ1) is 17.1. The van der Waals surface area contributed by atoms with E-state index in [4.69, 9.17) is 0 Å². The van der Waals surface area contributed by atoms with Crippen LogP contribution in [-0.2, 0) is 6.18 Å². The van der Waals surface area contributed by atoms with Crippen LogP contribution < -0.4 is 21.3 Å². The van der Waals surface area contributed by atoms with Crippen molar-refractivity contribution in [2.75, 3.05) is 21.3 Å². The summed E-state index contributed by atoms with van der Waals surface area (Å²) in [6.07, 6.45) is -2.78. The van der Waals surface area contributed by atoms with Gasteiger partial charge >= 0.3 is 12.2 Å². The summed E-state index contributed by atoms with van der Waals surface area (Å²) in [5.74, 6) is 2.35. The maximum atomic E-state index is 12.9. The Hall–Kier alpha value is -4.67. The highest BCUT2D eigenvalue weighted by Crippen LogP contribution is 2.30. The van der Waals surface area contributed by atoms with Gasteiger partial charge in [0.15, 0.2) is 0 Å². The van der Waals surface area contributed by atoms with E-state index in [9.17, 15) is 18.0 Å². The van der Waals surface area contributed by atoms with Crippen molar-refractivity contribution in [3.63, 3.8) is 0 Å². The average Bonchev–Trinajstić information content (AvgIpc) is 2.79. The van der Waals surface area contributed by atoms with Crippen molar-refractivity contribution < 1.29 is 18.0 Å². The van der Waals surface area contributed by atoms with Gasteiger partial charge in [-0.25, -0.2) is 19.7 Å². The summed E-state index contributed by atoms with van der Waals surface area (Å²) in [5, 5.41) is 11.3. The standard InChI is InChI=1S/C25H22F3N7O/c1-15-10-11-29-21(12-15)35-23-14-22(30-16(2)31-23)32-18-6-8-19(9-7-18)33-24(36)34-20-5-3-4-17(13-20)25(26,27)28/h3-14H,1-2H3,(H2,33,34,36)(H2,29,30,31,32,35). The Morgan fingerprint density at radius 1 is 0.750 bits per heavy atom. The Labute approximate surface area is 205 Å². The van der Waals surface area contributed by atoms with Crippen LogP contribution >= 0.6 is 0 Å². The molecule has 184 valence electrons. The Morgan fingerprint density at radius 2 is 1.42 bits per heavy atom. The van der Waals surface area contributed by atoms with E-state index in [0.29, 0.717) is 34.7 Å². The van der Waals surface area contributed by atoms with Gasteiger partial charge in [0.1, 0.15) is 23.3 Å². The fourth-order valence-electron chi connectivity index (χ4n) is 3.28. The second-order valence-electron chi connectivity index (χ2n) is 7.89. The number of carbonyl (C=O) groups excluding carboxylic acids is 1. The quantitative estimate of drug-likeness (QED) is 0.240. The minimum Gasteiger partial charge on any atom is -0.340 e. The molecular formula is C25H22F3N7O. The first-order valence-corrected chi connectivity index (χ1v) is 10.8. The molecule has 0 fully saturated rings. The summed E-state index contributed by atoms with van der Waals surface area (Å²) in [6.45, 7) is 3.74. The maximum absolute atomic E-state index is 12.9. The highest BCUT2D eigenvalue weighted by molar-refractivity contribution is 5.99. The minimum atomic E-state index is -4.49. The smallest absolute Gasteiger partial charge is 0.340 e. The third kappa shape index (κ3) is 6.69. The van der Waals surface area contributed by atoms with Crippen LogP contribution in [0, 0.1) is 13.8 Å². The topological polar surface area (TPSA) is 104 Å². The number of amides is 2. The van der Waals surface area contributed by atoms with Crippen molar-refractivity contribution in [1.82, 2.24) is 15.0 Å². The number of carbonyl (C=O) groups is 1. The van der Waals surface area contributed by atoms with Gasteiger partial charge in [-0.2, -0.15) is 13.2 Å². The molecule has 8 nitrogen and oxygen atoms in total. The van der Waals surface area contributed by atoms with Crippen molar-refractivity contribution in [2.24, 2.45) is 0 Å². The second-order valence-corrected chi connectivity index (χ2v) is 7.89. The lowest BCUT2D eigenvalue weighted by Crippen LogP contribution is -2.19. The van der Waals surface area contributed by atoms with Crippen LogP contribution in [0.15, 0.2) is 72.9 Å². The number of anilines is 6. The van der Waals surface area contributed by atoms with Gasteiger partial charge in [0.2, 0.25) is 0 Å². The van der Waals surface area contributed by atoms with Gasteiger partial charge in [-0.15, -0.1) is 0 Å². The molecule has 0 saturated carbocycles. The zero-order chi connectivity index (χ0) is 25.7. The minimum absolute atomic E-state index is 0.0324. The number of alkyl halides is 3. The molecule has 0 unspecified atom stereocenters. The maximum Gasteiger partial charge on any atom is 0.416 e. The average molecular weight is 493 g/mol. The van der Waals surface area contributed by atoms with Crippen molar-refractivity contribution >= 4 is 40.5 Å². The van der Waals surface area contributed by atoms with Gasteiger partial charge in [0, 0.05) is 29.3 Å². The van der Waals surface area contributed by atoms with Crippen molar-refractivity contribution in [3.05, 3.63) is 89.9 Å². The molecule has 36 heavy (non-hydrogen) atoms. The fourth-order valence-corrected chi connectivity index (χ4v) is 3.28. The van der Waals surface area contributed by atoms with Crippen LogP contribution in [0.25, 0.3) is 0 Å². The summed E-state index contributed by atoms with van der Waals surface area (Å²) in [4.78, 5) is 25.3. The van der Waals surface area contributed by atoms with E-state index in [1.54, 1.807) is 43.5 Å². The molecule has 0 saturated heterocycles. The Kier molecular flexibility index (Phi) is 7.00. The van der Waals surface area contributed by atoms with Gasteiger partial charge in [-0.3, -0.25) is 0 Å². The Morgan fingerprint density at radius 3 is 2.11 bits per heavy atom. The number of benzene rings is 2. The van der Waals surface area contributed by atoms with E-state index in [1.165, 1.54) is 12.1 Å². The third-order valence-corrected chi connectivity index (χ3v) is 4.87. The van der Waals surface area contributed by atoms with Gasteiger partial charge in [-0.05, 0) is 74.0 Å². The molecule has 2 heterocycles. The lowest BCUT2D eigenvalue weighted by molar-refractivity contribution is -0.137. The number of aromatic nitrogens is 3. The zero-order valence-corrected chi connectivity index (χ0v) is 19.3. The highest BCUT2D eigenvalue weighted by atomic mass is 19.4. The summed E-state index contributed by atoms with van der Waals surface area (Å²) >= 11 is 0. The van der Waals surface area contributed by atoms with Crippen LogP contribution in [-0.4, -0.2) is 21.0 Å². The molecule has 0 atom stereocenters. The number of urea groups is 1. The molecule has 0 aliphatic carbocycles. The first kappa shape index (κ1) is 24.5. The number of pyridine rings is 1. The van der Waals surface area contributed by atoms with Crippen molar-refractivity contribution in [3.8, 4) is 0 Å². The van der Waals surface area contributed by atoms with Gasteiger partial charge in [0.25, 0.3) is 0 Å². The Balaban J connectivity index is 1.38. The molecule has 11 heteroatoms. The molecule has 0 aliphatic rings. The van der Waals surface area contributed by atoms with E-state index >= 15 is 0 Å². The largest absolute Gasteiger partial charge is 0.416 e. The van der Waals surface area contributed by atoms with E-state index in [0.717, 1.165) is 17.7 Å². The molecule has 0 bridgehead atoms. The molecule has 2 aromatic heterocycles. The van der Waals surface area contributed by atoms with E-state index in [-0.39, 0.29) is 5.69 Å². The number of nitrogens with one attached hydrogen (secondary N) is 4. The summed E-state index contributed by atoms with van der Waals surface area (Å²) in [6, 6.07) is 16.1. The molecular weight excluding hydrogens is 471 g/mol. The predicted molar refractivity (Wildman–Crippen MR) is 133 cm³/mol. The SMILES string of the molecule is Cc1ccnc(Nc2cc(Nc3ccc(NC(=O)Nc4cccc(C(F)(F)F)c4)cc3)nc(C)n2)c1. The second kappa shape index (κ2) is 10.3. The molecule has 0 radical (unpaired) electrons. The van der Waals surface area contributed by atoms with Gasteiger partial charge in [-0.1, -0.05) is 6.07 Å². The highest BCUT2D eigenvalue weighted by Gasteiger charge is 2.30. The number of nitrogens with zero attached hydrogens (tertiary/aromatic N) is 3.